The largest absolute Gasteiger partial charge is 0.383 e. The molecule has 2 aromatic rings. The molecule has 5 heteroatoms. The van der Waals surface area contributed by atoms with Crippen molar-refractivity contribution in [1.29, 1.82) is 10.7 Å². The van der Waals surface area contributed by atoms with Crippen LogP contribution in [-0.2, 0) is 6.54 Å². The first-order valence-electron chi connectivity index (χ1n) is 5.06. The molecule has 0 aliphatic heterocycles. The van der Waals surface area contributed by atoms with E-state index in [2.05, 4.69) is 4.98 Å². The molecule has 5 nitrogen and oxygen atoms in total. The topological polar surface area (TPSA) is 91.5 Å². The molecule has 0 bridgehead atoms. The molecule has 0 aliphatic rings. The summed E-state index contributed by atoms with van der Waals surface area (Å²) in [4.78, 5) is 3.97. The van der Waals surface area contributed by atoms with Gasteiger partial charge < -0.3 is 10.3 Å². The third-order valence-electron chi connectivity index (χ3n) is 2.42. The molecule has 17 heavy (non-hydrogen) atoms. The second kappa shape index (κ2) is 4.49. The number of rotatable bonds is 3. The molecule has 1 heterocycles. The van der Waals surface area contributed by atoms with Gasteiger partial charge in [-0.05, 0) is 5.56 Å². The smallest absolute Gasteiger partial charge is 0.161 e. The summed E-state index contributed by atoms with van der Waals surface area (Å²) >= 11 is 0. The van der Waals surface area contributed by atoms with Crippen LogP contribution in [0.1, 0.15) is 11.3 Å². The van der Waals surface area contributed by atoms with Gasteiger partial charge in [0.1, 0.15) is 17.6 Å². The molecule has 0 radical (unpaired) electrons. The maximum absolute atomic E-state index is 8.63. The van der Waals surface area contributed by atoms with Gasteiger partial charge in [-0.15, -0.1) is 0 Å². The van der Waals surface area contributed by atoms with Crippen LogP contribution in [0.3, 0.4) is 0 Å². The van der Waals surface area contributed by atoms with E-state index in [1.165, 1.54) is 0 Å². The summed E-state index contributed by atoms with van der Waals surface area (Å²) in [5, 5.41) is 16.0. The van der Waals surface area contributed by atoms with Gasteiger partial charge in [0.05, 0.1) is 12.9 Å². The van der Waals surface area contributed by atoms with Gasteiger partial charge in [-0.3, -0.25) is 5.41 Å². The Balaban J connectivity index is 2.27. The molecule has 0 saturated heterocycles. The van der Waals surface area contributed by atoms with Crippen LogP contribution in [0.4, 0.5) is 5.82 Å². The normalized spacial score (nSPS) is 9.82. The standard InChI is InChI=1S/C12H11N5/c13-6-10(14)11-12(15)17(8-16-11)7-9-4-2-1-3-5-9/h1-5,8,14H,7,15H2. The Kier molecular flexibility index (Phi) is 2.88. The van der Waals surface area contributed by atoms with Crippen LogP contribution in [0.15, 0.2) is 36.7 Å². The van der Waals surface area contributed by atoms with Crippen molar-refractivity contribution in [2.75, 3.05) is 5.73 Å². The van der Waals surface area contributed by atoms with Gasteiger partial charge >= 0.3 is 0 Å². The van der Waals surface area contributed by atoms with E-state index in [9.17, 15) is 0 Å². The number of nitrogens with two attached hydrogens (primary N) is 1. The molecule has 2 rings (SSSR count). The Morgan fingerprint density at radius 3 is 2.76 bits per heavy atom. The van der Waals surface area contributed by atoms with Crippen molar-refractivity contribution in [2.45, 2.75) is 6.54 Å². The fourth-order valence-corrected chi connectivity index (χ4v) is 1.54. The third-order valence-corrected chi connectivity index (χ3v) is 2.42. The highest BCUT2D eigenvalue weighted by atomic mass is 15.1. The number of hydrogen-bond donors (Lipinski definition) is 2. The van der Waals surface area contributed by atoms with Crippen molar-refractivity contribution >= 4 is 11.5 Å². The van der Waals surface area contributed by atoms with E-state index in [1.54, 1.807) is 17.0 Å². The van der Waals surface area contributed by atoms with E-state index in [0.717, 1.165) is 5.56 Å². The first-order valence-corrected chi connectivity index (χ1v) is 5.06. The predicted molar refractivity (Wildman–Crippen MR) is 64.6 cm³/mol. The molecule has 3 N–H and O–H groups in total. The second-order valence-electron chi connectivity index (χ2n) is 3.58. The van der Waals surface area contributed by atoms with E-state index in [1.807, 2.05) is 30.3 Å². The zero-order valence-corrected chi connectivity index (χ0v) is 9.09. The Labute approximate surface area is 98.6 Å². The zero-order valence-electron chi connectivity index (χ0n) is 9.09. The van der Waals surface area contributed by atoms with Crippen LogP contribution >= 0.6 is 0 Å². The highest BCUT2D eigenvalue weighted by molar-refractivity contribution is 6.10. The highest BCUT2D eigenvalue weighted by Crippen LogP contribution is 2.13. The van der Waals surface area contributed by atoms with Gasteiger partial charge in [0.2, 0.25) is 0 Å². The van der Waals surface area contributed by atoms with Crippen LogP contribution in [0, 0.1) is 16.7 Å². The van der Waals surface area contributed by atoms with Crippen LogP contribution in [0.2, 0.25) is 0 Å². The second-order valence-corrected chi connectivity index (χ2v) is 3.58. The fourth-order valence-electron chi connectivity index (χ4n) is 1.54. The average Bonchev–Trinajstić information content (AvgIpc) is 2.72. The molecule has 0 saturated carbocycles. The van der Waals surface area contributed by atoms with Crippen molar-refractivity contribution in [3.8, 4) is 6.07 Å². The fraction of sp³-hybridized carbons (Fsp3) is 0.0833. The molecular formula is C12H11N5. The van der Waals surface area contributed by atoms with E-state index in [0.29, 0.717) is 12.4 Å². The Hall–Kier alpha value is -2.61. The summed E-state index contributed by atoms with van der Waals surface area (Å²) in [6, 6.07) is 11.5. The van der Waals surface area contributed by atoms with Gasteiger partial charge in [0.25, 0.3) is 0 Å². The third kappa shape index (κ3) is 2.16. The Morgan fingerprint density at radius 1 is 1.41 bits per heavy atom. The van der Waals surface area contributed by atoms with Crippen molar-refractivity contribution in [3.05, 3.63) is 47.9 Å². The Bertz CT molecular complexity index is 577. The molecule has 84 valence electrons. The molecule has 1 aromatic heterocycles. The summed E-state index contributed by atoms with van der Waals surface area (Å²) in [7, 11) is 0. The van der Waals surface area contributed by atoms with Crippen molar-refractivity contribution < 1.29 is 0 Å². The lowest BCUT2D eigenvalue weighted by molar-refractivity contribution is 0.808. The lowest BCUT2D eigenvalue weighted by atomic mass is 10.2. The van der Waals surface area contributed by atoms with E-state index in [-0.39, 0.29) is 11.4 Å². The van der Waals surface area contributed by atoms with Crippen molar-refractivity contribution in [1.82, 2.24) is 9.55 Å². The van der Waals surface area contributed by atoms with E-state index >= 15 is 0 Å². The number of benzene rings is 1. The SMILES string of the molecule is N#CC(=N)c1ncn(Cc2ccccc2)c1N. The van der Waals surface area contributed by atoms with Crippen LogP contribution < -0.4 is 5.73 Å². The predicted octanol–water partition coefficient (Wildman–Crippen LogP) is 1.41. The lowest BCUT2D eigenvalue weighted by Crippen LogP contribution is -2.06. The molecule has 0 fully saturated rings. The number of nitrogen functional groups attached to an aromatic ring is 1. The van der Waals surface area contributed by atoms with E-state index in [4.69, 9.17) is 16.4 Å². The quantitative estimate of drug-likeness (QED) is 0.773. The summed E-state index contributed by atoms with van der Waals surface area (Å²) in [6.45, 7) is 0.582. The minimum Gasteiger partial charge on any atom is -0.383 e. The number of nitrogens with one attached hydrogen (secondary N) is 1. The molecule has 0 aliphatic carbocycles. The zero-order chi connectivity index (χ0) is 12.3. The molecular weight excluding hydrogens is 214 g/mol. The summed E-state index contributed by atoms with van der Waals surface area (Å²) < 4.78 is 1.72. The van der Waals surface area contributed by atoms with Crippen LogP contribution in [-0.4, -0.2) is 15.3 Å². The first-order chi connectivity index (χ1) is 8.22. The molecule has 0 spiro atoms. The number of nitriles is 1. The summed E-state index contributed by atoms with van der Waals surface area (Å²) in [5.74, 6) is 0.348. The van der Waals surface area contributed by atoms with Gasteiger partial charge in [-0.1, -0.05) is 30.3 Å². The number of aromatic nitrogens is 2. The van der Waals surface area contributed by atoms with Gasteiger partial charge in [0.15, 0.2) is 5.71 Å². The van der Waals surface area contributed by atoms with E-state index < -0.39 is 0 Å². The van der Waals surface area contributed by atoms with Gasteiger partial charge in [-0.2, -0.15) is 5.26 Å². The van der Waals surface area contributed by atoms with Crippen LogP contribution in [0.5, 0.6) is 0 Å². The minimum absolute atomic E-state index is 0.214. The average molecular weight is 225 g/mol. The molecule has 1 aromatic carbocycles. The maximum atomic E-state index is 8.63. The Morgan fingerprint density at radius 2 is 2.12 bits per heavy atom. The molecule has 0 atom stereocenters. The number of anilines is 1. The lowest BCUT2D eigenvalue weighted by Gasteiger charge is -2.05. The van der Waals surface area contributed by atoms with Crippen molar-refractivity contribution in [3.63, 3.8) is 0 Å². The maximum Gasteiger partial charge on any atom is 0.161 e. The number of hydrogen-bond acceptors (Lipinski definition) is 4. The first kappa shape index (κ1) is 10.9. The molecule has 0 unspecified atom stereocenters. The van der Waals surface area contributed by atoms with Gasteiger partial charge in [0, 0.05) is 0 Å². The monoisotopic (exact) mass is 225 g/mol. The highest BCUT2D eigenvalue weighted by Gasteiger charge is 2.11. The van der Waals surface area contributed by atoms with Crippen LogP contribution in [0.25, 0.3) is 0 Å². The summed E-state index contributed by atoms with van der Waals surface area (Å²) in [5.41, 5.74) is 6.95. The summed E-state index contributed by atoms with van der Waals surface area (Å²) in [6.07, 6.45) is 1.55. The minimum atomic E-state index is -0.214. The number of imidazole rings is 1. The molecule has 0 amide bonds. The van der Waals surface area contributed by atoms with Gasteiger partial charge in [-0.25, -0.2) is 4.98 Å². The van der Waals surface area contributed by atoms with Crippen molar-refractivity contribution in [2.24, 2.45) is 0 Å². The number of nitrogens with zero attached hydrogens (tertiary/aromatic N) is 3.